The van der Waals surface area contributed by atoms with Crippen LogP contribution >= 0.6 is 0 Å². The highest BCUT2D eigenvalue weighted by Crippen LogP contribution is 2.32. The predicted octanol–water partition coefficient (Wildman–Crippen LogP) is 12.0. The maximum absolute atomic E-state index is 14.4. The maximum Gasteiger partial charge on any atom is 0.335 e. The molecule has 0 spiro atoms. The summed E-state index contributed by atoms with van der Waals surface area (Å²) >= 11 is 0. The van der Waals surface area contributed by atoms with Crippen molar-refractivity contribution in [2.45, 2.75) is 101 Å². The van der Waals surface area contributed by atoms with Gasteiger partial charge in [-0.25, -0.2) is 35.2 Å². The molecule has 0 aliphatic rings. The largest absolute Gasteiger partial charge is 0.478 e. The summed E-state index contributed by atoms with van der Waals surface area (Å²) in [6.07, 6.45) is 8.33. The molecule has 0 saturated carbocycles. The average Bonchev–Trinajstić information content (AvgIpc) is 3.33. The molecular weight excluding hydrogens is 907 g/mol. The van der Waals surface area contributed by atoms with Crippen LogP contribution in [-0.2, 0) is 52.2 Å². The van der Waals surface area contributed by atoms with Gasteiger partial charge in [0.2, 0.25) is 0 Å². The molecule has 6 rings (SSSR count). The molecule has 0 unspecified atom stereocenters. The van der Waals surface area contributed by atoms with Gasteiger partial charge >= 0.3 is 11.9 Å². The molecule has 68 heavy (non-hydrogen) atoms. The van der Waals surface area contributed by atoms with Crippen LogP contribution in [0.5, 0.6) is 0 Å². The first-order valence-electron chi connectivity index (χ1n) is 23.0. The zero-order valence-electron chi connectivity index (χ0n) is 38.8. The van der Waals surface area contributed by atoms with Gasteiger partial charge in [0.25, 0.3) is 20.0 Å². The number of rotatable bonds is 23. The molecule has 0 aromatic heterocycles. The Morgan fingerprint density at radius 3 is 1.25 bits per heavy atom. The summed E-state index contributed by atoms with van der Waals surface area (Å²) < 4.78 is 85.8. The number of carboxylic acids is 2. The summed E-state index contributed by atoms with van der Waals surface area (Å²) in [7, 11) is -8.21. The Labute approximate surface area is 400 Å². The fraction of sp³-hybridized carbons (Fsp3) is 0.296. The number of anilines is 2. The number of carbonyl (C=O) groups is 2. The van der Waals surface area contributed by atoms with Crippen LogP contribution in [0, 0.1) is 11.6 Å². The molecule has 360 valence electrons. The van der Waals surface area contributed by atoms with Crippen LogP contribution in [0.25, 0.3) is 0 Å². The highest BCUT2D eigenvalue weighted by molar-refractivity contribution is 7.93. The van der Waals surface area contributed by atoms with Gasteiger partial charge in [-0.1, -0.05) is 119 Å². The zero-order chi connectivity index (χ0) is 49.3. The lowest BCUT2D eigenvalue weighted by molar-refractivity contribution is 0.0686. The summed E-state index contributed by atoms with van der Waals surface area (Å²) in [5.74, 6) is -4.22. The molecule has 0 heterocycles. The van der Waals surface area contributed by atoms with Crippen molar-refractivity contribution in [3.63, 3.8) is 0 Å². The predicted molar refractivity (Wildman–Crippen MR) is 265 cm³/mol. The second kappa shape index (κ2) is 25.1. The quantitative estimate of drug-likeness (QED) is 0.0644. The number of halogens is 2. The van der Waals surface area contributed by atoms with Gasteiger partial charge in [-0.3, -0.25) is 8.61 Å². The van der Waals surface area contributed by atoms with E-state index >= 15 is 0 Å². The normalized spacial score (nSPS) is 11.4. The minimum atomic E-state index is -4.49. The number of benzene rings is 6. The topological polar surface area (TPSA) is 149 Å². The van der Waals surface area contributed by atoms with Crippen LogP contribution < -0.4 is 8.61 Å². The monoisotopic (exact) mass is 966 g/mol. The van der Waals surface area contributed by atoms with E-state index in [1.165, 1.54) is 12.1 Å². The minimum absolute atomic E-state index is 0.0803. The van der Waals surface area contributed by atoms with Crippen LogP contribution in [0.1, 0.15) is 108 Å². The zero-order valence-corrected chi connectivity index (χ0v) is 40.4. The number of hydrogen-bond acceptors (Lipinski definition) is 6. The molecule has 0 atom stereocenters. The number of aryl methyl sites for hydroxylation is 5. The third kappa shape index (κ3) is 13.9. The van der Waals surface area contributed by atoms with Crippen LogP contribution in [-0.4, -0.2) is 52.1 Å². The van der Waals surface area contributed by atoms with Gasteiger partial charge in [0.05, 0.1) is 27.4 Å². The van der Waals surface area contributed by atoms with Gasteiger partial charge in [-0.05, 0) is 140 Å². The lowest BCUT2D eigenvalue weighted by atomic mass is 10.0. The van der Waals surface area contributed by atoms with E-state index < -0.39 is 48.5 Å². The van der Waals surface area contributed by atoms with Crippen molar-refractivity contribution in [3.8, 4) is 0 Å². The molecule has 0 amide bonds. The van der Waals surface area contributed by atoms with Crippen molar-refractivity contribution < 1.29 is 45.4 Å². The van der Waals surface area contributed by atoms with Crippen molar-refractivity contribution in [2.75, 3.05) is 21.7 Å². The Hall–Kier alpha value is -6.38. The van der Waals surface area contributed by atoms with Gasteiger partial charge in [0.15, 0.2) is 4.90 Å². The molecule has 14 heteroatoms. The number of sulfonamides is 2. The van der Waals surface area contributed by atoms with Crippen LogP contribution in [0.3, 0.4) is 0 Å². The summed E-state index contributed by atoms with van der Waals surface area (Å²) in [4.78, 5) is 21.5. The van der Waals surface area contributed by atoms with E-state index in [9.17, 15) is 35.2 Å². The van der Waals surface area contributed by atoms with Gasteiger partial charge in [0, 0.05) is 13.1 Å². The smallest absolute Gasteiger partial charge is 0.335 e. The van der Waals surface area contributed by atoms with E-state index in [1.54, 1.807) is 65.0 Å². The lowest BCUT2D eigenvalue weighted by Gasteiger charge is -2.27. The van der Waals surface area contributed by atoms with E-state index in [-0.39, 0.29) is 17.7 Å². The van der Waals surface area contributed by atoms with E-state index in [4.69, 9.17) is 10.2 Å². The van der Waals surface area contributed by atoms with Crippen LogP contribution in [0.4, 0.5) is 20.2 Å². The fourth-order valence-electron chi connectivity index (χ4n) is 7.64. The summed E-state index contributed by atoms with van der Waals surface area (Å²) in [6, 6.07) is 38.1. The summed E-state index contributed by atoms with van der Waals surface area (Å²) in [5.41, 5.74) is 6.22. The first-order valence-corrected chi connectivity index (χ1v) is 25.9. The maximum atomic E-state index is 14.4. The molecule has 0 radical (unpaired) electrons. The third-order valence-electron chi connectivity index (χ3n) is 11.5. The van der Waals surface area contributed by atoms with E-state index in [1.807, 2.05) is 55.5 Å². The molecule has 10 nitrogen and oxygen atoms in total. The number of unbranched alkanes of at least 4 members (excludes halogenated alkanes) is 3. The molecular formula is C54H60F2N2O8S2. The molecule has 0 aliphatic carbocycles. The van der Waals surface area contributed by atoms with Gasteiger partial charge in [0.1, 0.15) is 11.6 Å². The van der Waals surface area contributed by atoms with Crippen molar-refractivity contribution in [2.24, 2.45) is 0 Å². The van der Waals surface area contributed by atoms with Crippen molar-refractivity contribution in [1.29, 1.82) is 0 Å². The highest BCUT2D eigenvalue weighted by Gasteiger charge is 2.32. The number of nitrogens with zero attached hydrogens (tertiary/aromatic N) is 2. The minimum Gasteiger partial charge on any atom is -0.478 e. The summed E-state index contributed by atoms with van der Waals surface area (Å²) in [5, 5.41) is 18.2. The molecule has 6 aromatic carbocycles. The first kappa shape index (κ1) is 52.6. The Kier molecular flexibility index (Phi) is 19.4. The van der Waals surface area contributed by atoms with Crippen molar-refractivity contribution >= 4 is 43.4 Å². The Morgan fingerprint density at radius 2 is 0.838 bits per heavy atom. The van der Waals surface area contributed by atoms with Crippen LogP contribution in [0.2, 0.25) is 0 Å². The van der Waals surface area contributed by atoms with E-state index in [0.29, 0.717) is 66.9 Å². The van der Waals surface area contributed by atoms with Gasteiger partial charge in [-0.15, -0.1) is 0 Å². The number of carboxylic acid groups (broad SMARTS) is 2. The molecule has 0 saturated heterocycles. The third-order valence-corrected chi connectivity index (χ3v) is 15.2. The van der Waals surface area contributed by atoms with Crippen LogP contribution in [0.15, 0.2) is 149 Å². The second-order valence-electron chi connectivity index (χ2n) is 16.4. The highest BCUT2D eigenvalue weighted by atomic mass is 32.2. The molecule has 0 aliphatic heterocycles. The standard InChI is InChI=1S/C29H35NO4S.C25H25F2NO4S/c1-3-5-9-23-15-20-27(21-16-23)35(33,34)30(22-6-4-2)28-11-8-7-10-25(28)17-12-24-13-18-26(19-14-24)29(31)32;1-2-3-17-28(33(31,32)24-21(26)8-6-9-22(24)27)23-10-5-4-7-19(23)14-11-18-12-15-20(16-13-18)25(29)30/h7-8,10-11,13-16,18-21H,3-6,9,12,17,22H2,1-2H3,(H,31,32);4-10,12-13,15-16H,2-3,11,14,17H2,1H3,(H,29,30). The first-order chi connectivity index (χ1) is 32.6. The molecule has 2 N–H and O–H groups in total. The van der Waals surface area contributed by atoms with E-state index in [2.05, 4.69) is 13.8 Å². The van der Waals surface area contributed by atoms with Gasteiger partial charge in [-0.2, -0.15) is 0 Å². The van der Waals surface area contributed by atoms with Gasteiger partial charge < -0.3 is 10.2 Å². The summed E-state index contributed by atoms with van der Waals surface area (Å²) in [6.45, 7) is 6.60. The van der Waals surface area contributed by atoms with E-state index in [0.717, 1.165) is 76.9 Å². The number of para-hydroxylation sites is 2. The average molecular weight is 967 g/mol. The SMILES string of the molecule is CCCCN(c1ccccc1CCc1ccc(C(=O)O)cc1)S(=O)(=O)c1c(F)cccc1F.CCCCc1ccc(S(=O)(=O)N(CCCC)c2ccccc2CCc2ccc(C(=O)O)cc2)cc1. The molecule has 6 aromatic rings. The number of hydrogen-bond donors (Lipinski definition) is 2. The fourth-order valence-corrected chi connectivity index (χ4v) is 10.8. The number of aromatic carboxylic acids is 2. The Bertz CT molecular complexity index is 2800. The Morgan fingerprint density at radius 1 is 0.456 bits per heavy atom. The Balaban J connectivity index is 0.000000255. The second-order valence-corrected chi connectivity index (χ2v) is 20.1. The lowest BCUT2D eigenvalue weighted by Crippen LogP contribution is -2.34. The van der Waals surface area contributed by atoms with Crippen molar-refractivity contribution in [3.05, 3.63) is 190 Å². The van der Waals surface area contributed by atoms with Crippen molar-refractivity contribution in [1.82, 2.24) is 0 Å². The molecule has 0 fully saturated rings. The molecule has 0 bridgehead atoms.